The quantitative estimate of drug-likeness (QED) is 0.933. The van der Waals surface area contributed by atoms with Crippen molar-refractivity contribution in [1.29, 1.82) is 0 Å². The second-order valence-corrected chi connectivity index (χ2v) is 6.32. The first-order valence-electron chi connectivity index (χ1n) is 8.21. The lowest BCUT2D eigenvalue weighted by atomic mass is 9.83. The number of hydrogen-bond donors (Lipinski definition) is 1. The predicted molar refractivity (Wildman–Crippen MR) is 92.2 cm³/mol. The number of benzene rings is 1. The van der Waals surface area contributed by atoms with Crippen molar-refractivity contribution in [2.75, 3.05) is 12.4 Å². The summed E-state index contributed by atoms with van der Waals surface area (Å²) in [6.45, 7) is 1.91. The first-order valence-corrected chi connectivity index (χ1v) is 8.21. The number of pyridine rings is 1. The molecule has 1 aromatic carbocycles. The van der Waals surface area contributed by atoms with Gasteiger partial charge in [0, 0.05) is 25.2 Å². The zero-order valence-electron chi connectivity index (χ0n) is 14.2. The molecule has 5 nitrogen and oxygen atoms in total. The van der Waals surface area contributed by atoms with Crippen molar-refractivity contribution in [2.45, 2.75) is 25.8 Å². The average Bonchev–Trinajstić information content (AvgIpc) is 2.58. The molecule has 0 aliphatic carbocycles. The lowest BCUT2D eigenvalue weighted by molar-refractivity contribution is -0.140. The molecule has 0 spiro atoms. The van der Waals surface area contributed by atoms with E-state index in [9.17, 15) is 14.0 Å². The number of nitrogens with one attached hydrogen (secondary N) is 1. The summed E-state index contributed by atoms with van der Waals surface area (Å²) < 4.78 is 14.3. The molecular weight excluding hydrogens is 321 g/mol. The first-order chi connectivity index (χ1) is 12.0. The van der Waals surface area contributed by atoms with Crippen LogP contribution >= 0.6 is 0 Å². The molecule has 1 N–H and O–H groups in total. The number of carbonyl (C=O) groups excluding carboxylic acids is 2. The van der Waals surface area contributed by atoms with Crippen molar-refractivity contribution in [1.82, 2.24) is 9.88 Å². The molecule has 1 aliphatic heterocycles. The third-order valence-corrected chi connectivity index (χ3v) is 4.59. The molecule has 6 heteroatoms. The number of piperidine rings is 1. The van der Waals surface area contributed by atoms with Crippen molar-refractivity contribution in [2.24, 2.45) is 5.92 Å². The number of hydrogen-bond acceptors (Lipinski definition) is 3. The Hall–Kier alpha value is -2.76. The molecule has 2 heterocycles. The molecule has 2 amide bonds. The van der Waals surface area contributed by atoms with Gasteiger partial charge in [0.1, 0.15) is 11.6 Å². The van der Waals surface area contributed by atoms with E-state index in [4.69, 9.17) is 0 Å². The van der Waals surface area contributed by atoms with E-state index in [-0.39, 0.29) is 18.2 Å². The van der Waals surface area contributed by atoms with Crippen LogP contribution in [0.25, 0.3) is 0 Å². The van der Waals surface area contributed by atoms with Crippen molar-refractivity contribution < 1.29 is 14.0 Å². The summed E-state index contributed by atoms with van der Waals surface area (Å²) in [5.41, 5.74) is 1.34. The van der Waals surface area contributed by atoms with Gasteiger partial charge in [0.05, 0.1) is 12.0 Å². The molecule has 1 saturated heterocycles. The monoisotopic (exact) mass is 341 g/mol. The summed E-state index contributed by atoms with van der Waals surface area (Å²) in [5.74, 6) is -0.851. The highest BCUT2D eigenvalue weighted by atomic mass is 19.1. The van der Waals surface area contributed by atoms with Crippen LogP contribution in [-0.4, -0.2) is 28.7 Å². The van der Waals surface area contributed by atoms with Gasteiger partial charge >= 0.3 is 0 Å². The molecule has 1 fully saturated rings. The van der Waals surface area contributed by atoms with Crippen LogP contribution in [0.5, 0.6) is 0 Å². The zero-order valence-corrected chi connectivity index (χ0v) is 14.2. The van der Waals surface area contributed by atoms with Crippen molar-refractivity contribution in [3.8, 4) is 0 Å². The number of aryl methyl sites for hydroxylation is 1. The zero-order chi connectivity index (χ0) is 18.0. The van der Waals surface area contributed by atoms with Gasteiger partial charge in [-0.1, -0.05) is 18.2 Å². The standard InChI is InChI=1S/C19H20FN3O2/c1-12-9-10-21-16(11-12)22-19(25)14-7-8-17(24)23(2)18(14)13-5-3-4-6-15(13)20/h3-6,9-11,14,18H,7-8H2,1-2H3,(H,21,22,25)/t14-,18-/m1/s1. The van der Waals surface area contributed by atoms with E-state index in [0.717, 1.165) is 5.56 Å². The van der Waals surface area contributed by atoms with Crippen LogP contribution in [0.2, 0.25) is 0 Å². The van der Waals surface area contributed by atoms with Crippen LogP contribution in [-0.2, 0) is 9.59 Å². The predicted octanol–water partition coefficient (Wildman–Crippen LogP) is 3.08. The van der Waals surface area contributed by atoms with Gasteiger partial charge in [0.25, 0.3) is 0 Å². The molecule has 130 valence electrons. The van der Waals surface area contributed by atoms with Crippen LogP contribution in [0.1, 0.15) is 30.0 Å². The number of aromatic nitrogens is 1. The van der Waals surface area contributed by atoms with Gasteiger partial charge in [0.15, 0.2) is 0 Å². The number of carbonyl (C=O) groups is 2. The Morgan fingerprint density at radius 2 is 2.08 bits per heavy atom. The fraction of sp³-hybridized carbons (Fsp3) is 0.316. The second kappa shape index (κ2) is 7.01. The number of nitrogens with zero attached hydrogens (tertiary/aromatic N) is 2. The number of rotatable bonds is 3. The molecule has 0 unspecified atom stereocenters. The van der Waals surface area contributed by atoms with Crippen LogP contribution in [0.3, 0.4) is 0 Å². The van der Waals surface area contributed by atoms with Gasteiger partial charge in [-0.3, -0.25) is 9.59 Å². The van der Waals surface area contributed by atoms with Gasteiger partial charge in [-0.05, 0) is 37.1 Å². The molecule has 0 saturated carbocycles. The number of likely N-dealkylation sites (tertiary alicyclic amines) is 1. The lowest BCUT2D eigenvalue weighted by Crippen LogP contribution is -2.45. The van der Waals surface area contributed by atoms with E-state index in [1.165, 1.54) is 11.0 Å². The summed E-state index contributed by atoms with van der Waals surface area (Å²) in [6.07, 6.45) is 2.26. The maximum atomic E-state index is 14.3. The Morgan fingerprint density at radius 3 is 2.80 bits per heavy atom. The van der Waals surface area contributed by atoms with Crippen LogP contribution in [0.15, 0.2) is 42.6 Å². The molecule has 0 radical (unpaired) electrons. The molecule has 2 aromatic rings. The van der Waals surface area contributed by atoms with Crippen molar-refractivity contribution in [3.05, 3.63) is 59.5 Å². The molecule has 0 bridgehead atoms. The fourth-order valence-electron chi connectivity index (χ4n) is 3.28. The Labute approximate surface area is 145 Å². The molecule has 3 rings (SSSR count). The number of halogens is 1. The van der Waals surface area contributed by atoms with E-state index in [2.05, 4.69) is 10.3 Å². The summed E-state index contributed by atoms with van der Waals surface area (Å²) >= 11 is 0. The molecule has 25 heavy (non-hydrogen) atoms. The Bertz CT molecular complexity index is 809. The van der Waals surface area contributed by atoms with Crippen molar-refractivity contribution in [3.63, 3.8) is 0 Å². The van der Waals surface area contributed by atoms with Gasteiger partial charge in [-0.2, -0.15) is 0 Å². The van der Waals surface area contributed by atoms with Gasteiger partial charge < -0.3 is 10.2 Å². The normalized spacial score (nSPS) is 20.4. The van der Waals surface area contributed by atoms with Crippen molar-refractivity contribution >= 4 is 17.6 Å². The van der Waals surface area contributed by atoms with E-state index in [1.807, 2.05) is 13.0 Å². The third-order valence-electron chi connectivity index (χ3n) is 4.59. The Balaban J connectivity index is 1.90. The minimum Gasteiger partial charge on any atom is -0.338 e. The van der Waals surface area contributed by atoms with Crippen LogP contribution in [0.4, 0.5) is 10.2 Å². The highest BCUT2D eigenvalue weighted by Crippen LogP contribution is 2.37. The largest absolute Gasteiger partial charge is 0.338 e. The molecular formula is C19H20FN3O2. The van der Waals surface area contributed by atoms with E-state index < -0.39 is 17.8 Å². The minimum atomic E-state index is -0.632. The van der Waals surface area contributed by atoms with Gasteiger partial charge in [-0.25, -0.2) is 9.37 Å². The summed E-state index contributed by atoms with van der Waals surface area (Å²) in [6, 6.07) is 9.25. The van der Waals surface area contributed by atoms with E-state index >= 15 is 0 Å². The third kappa shape index (κ3) is 3.52. The fourth-order valence-corrected chi connectivity index (χ4v) is 3.28. The first kappa shape index (κ1) is 17.1. The molecule has 2 atom stereocenters. The van der Waals surface area contributed by atoms with Crippen LogP contribution < -0.4 is 5.32 Å². The van der Waals surface area contributed by atoms with Gasteiger partial charge in [0.2, 0.25) is 11.8 Å². The lowest BCUT2D eigenvalue weighted by Gasteiger charge is -2.38. The number of amides is 2. The maximum Gasteiger partial charge on any atom is 0.231 e. The highest BCUT2D eigenvalue weighted by molar-refractivity contribution is 5.94. The van der Waals surface area contributed by atoms with Crippen LogP contribution in [0, 0.1) is 18.7 Å². The molecule has 1 aliphatic rings. The summed E-state index contributed by atoms with van der Waals surface area (Å²) in [7, 11) is 1.61. The minimum absolute atomic E-state index is 0.0917. The second-order valence-electron chi connectivity index (χ2n) is 6.32. The summed E-state index contributed by atoms with van der Waals surface area (Å²) in [5, 5.41) is 2.80. The van der Waals surface area contributed by atoms with Gasteiger partial charge in [-0.15, -0.1) is 0 Å². The Morgan fingerprint density at radius 1 is 1.32 bits per heavy atom. The van der Waals surface area contributed by atoms with E-state index in [1.54, 1.807) is 37.5 Å². The maximum absolute atomic E-state index is 14.3. The number of anilines is 1. The molecule has 1 aromatic heterocycles. The SMILES string of the molecule is Cc1ccnc(NC(=O)[C@@H]2CCC(=O)N(C)[C@@H]2c2ccccc2F)c1. The smallest absolute Gasteiger partial charge is 0.231 e. The topological polar surface area (TPSA) is 62.3 Å². The average molecular weight is 341 g/mol. The Kier molecular flexibility index (Phi) is 4.79. The summed E-state index contributed by atoms with van der Waals surface area (Å²) in [4.78, 5) is 30.5. The highest BCUT2D eigenvalue weighted by Gasteiger charge is 2.40. The van der Waals surface area contributed by atoms with E-state index in [0.29, 0.717) is 17.8 Å².